The van der Waals surface area contributed by atoms with Crippen LogP contribution in [-0.4, -0.2) is 33.9 Å². The lowest BCUT2D eigenvalue weighted by Crippen LogP contribution is -2.61. The summed E-state index contributed by atoms with van der Waals surface area (Å²) in [7, 11) is 0. The van der Waals surface area contributed by atoms with Crippen molar-refractivity contribution in [3.8, 4) is 0 Å². The standard InChI is InChI=1S/C20H24FN7O/c21-20(27-15-5-2-1-4-14(15)22)8-7-13(18(23)29)19(28-20)26-12-10-17-16(25-11-12)6-3-9-24-17/h3,6-11,14-15,26-28H,1-2,4-5,22H2,(H2,23,29)/t14-,15+,20?/m0/s1. The van der Waals surface area contributed by atoms with E-state index in [1.165, 1.54) is 12.2 Å². The Kier molecular flexibility index (Phi) is 5.16. The Labute approximate surface area is 167 Å². The molecule has 3 heterocycles. The number of nitrogens with one attached hydrogen (secondary N) is 3. The molecule has 29 heavy (non-hydrogen) atoms. The molecule has 0 spiro atoms. The first-order valence-corrected chi connectivity index (χ1v) is 9.65. The molecule has 1 unspecified atom stereocenters. The number of nitrogens with two attached hydrogens (primary N) is 2. The summed E-state index contributed by atoms with van der Waals surface area (Å²) in [5.74, 6) is -2.60. The van der Waals surface area contributed by atoms with Crippen LogP contribution in [0.1, 0.15) is 25.7 Å². The van der Waals surface area contributed by atoms with Gasteiger partial charge in [0.1, 0.15) is 5.82 Å². The minimum atomic E-state index is -2.07. The van der Waals surface area contributed by atoms with Crippen molar-refractivity contribution < 1.29 is 9.18 Å². The van der Waals surface area contributed by atoms with Gasteiger partial charge in [-0.05, 0) is 43.2 Å². The number of carbonyl (C=O) groups is 1. The van der Waals surface area contributed by atoms with Gasteiger partial charge in [0.15, 0.2) is 0 Å². The van der Waals surface area contributed by atoms with Gasteiger partial charge >= 0.3 is 0 Å². The fraction of sp³-hybridized carbons (Fsp3) is 0.350. The first-order chi connectivity index (χ1) is 13.9. The second-order valence-corrected chi connectivity index (χ2v) is 7.41. The van der Waals surface area contributed by atoms with E-state index in [2.05, 4.69) is 25.9 Å². The molecule has 1 aliphatic heterocycles. The number of primary amides is 1. The van der Waals surface area contributed by atoms with E-state index in [0.29, 0.717) is 11.2 Å². The fourth-order valence-corrected chi connectivity index (χ4v) is 3.73. The van der Waals surface area contributed by atoms with Crippen LogP contribution in [0.3, 0.4) is 0 Å². The molecule has 152 valence electrons. The fourth-order valence-electron chi connectivity index (χ4n) is 3.73. The molecular formula is C20H24FN7O. The van der Waals surface area contributed by atoms with Gasteiger partial charge in [0.05, 0.1) is 28.5 Å². The molecule has 1 aliphatic carbocycles. The molecule has 8 nitrogen and oxygen atoms in total. The summed E-state index contributed by atoms with van der Waals surface area (Å²) in [4.78, 5) is 20.4. The zero-order chi connectivity index (χ0) is 20.4. The Morgan fingerprint density at radius 1 is 1.28 bits per heavy atom. The molecular weight excluding hydrogens is 373 g/mol. The van der Waals surface area contributed by atoms with Gasteiger partial charge in [-0.3, -0.25) is 20.1 Å². The Morgan fingerprint density at radius 2 is 2.10 bits per heavy atom. The van der Waals surface area contributed by atoms with Gasteiger partial charge in [0.2, 0.25) is 0 Å². The Hall–Kier alpha value is -3.04. The summed E-state index contributed by atoms with van der Waals surface area (Å²) in [6.07, 6.45) is 9.54. The number of hydrogen-bond acceptors (Lipinski definition) is 7. The molecule has 1 saturated carbocycles. The minimum absolute atomic E-state index is 0.125. The number of fused-ring (bicyclic) bond motifs is 1. The largest absolute Gasteiger partial charge is 0.365 e. The van der Waals surface area contributed by atoms with Crippen molar-refractivity contribution in [2.75, 3.05) is 5.32 Å². The number of rotatable bonds is 5. The van der Waals surface area contributed by atoms with Crippen LogP contribution in [0.5, 0.6) is 0 Å². The Balaban J connectivity index is 1.58. The lowest BCUT2D eigenvalue weighted by Gasteiger charge is -2.38. The van der Waals surface area contributed by atoms with Crippen LogP contribution in [0.2, 0.25) is 0 Å². The highest BCUT2D eigenvalue weighted by Crippen LogP contribution is 2.25. The first kappa shape index (κ1) is 19.3. The molecule has 9 heteroatoms. The van der Waals surface area contributed by atoms with E-state index in [1.54, 1.807) is 24.5 Å². The predicted molar refractivity (Wildman–Crippen MR) is 109 cm³/mol. The maximum Gasteiger partial charge on any atom is 0.256 e. The van der Waals surface area contributed by atoms with Crippen LogP contribution in [0.25, 0.3) is 11.0 Å². The molecule has 7 N–H and O–H groups in total. The SMILES string of the molecule is NC(=O)C1=C(Nc2cnc3cccnc3c2)NC(F)(N[C@@H]2CCCC[C@@H]2N)C=C1. The maximum atomic E-state index is 15.6. The third-order valence-corrected chi connectivity index (χ3v) is 5.26. The number of carbonyl (C=O) groups excluding carboxylic acids is 1. The zero-order valence-electron chi connectivity index (χ0n) is 15.9. The Morgan fingerprint density at radius 3 is 2.90 bits per heavy atom. The van der Waals surface area contributed by atoms with E-state index in [9.17, 15) is 4.79 Å². The first-order valence-electron chi connectivity index (χ1n) is 9.65. The smallest absolute Gasteiger partial charge is 0.256 e. The van der Waals surface area contributed by atoms with E-state index in [1.807, 2.05) is 6.07 Å². The topological polar surface area (TPSA) is 131 Å². The number of anilines is 1. The second kappa shape index (κ2) is 7.76. The van der Waals surface area contributed by atoms with Crippen molar-refractivity contribution in [2.45, 2.75) is 43.7 Å². The van der Waals surface area contributed by atoms with Crippen LogP contribution >= 0.6 is 0 Å². The van der Waals surface area contributed by atoms with Crippen LogP contribution in [-0.2, 0) is 4.79 Å². The molecule has 0 aromatic carbocycles. The highest BCUT2D eigenvalue weighted by molar-refractivity contribution is 5.96. The van der Waals surface area contributed by atoms with Crippen LogP contribution < -0.4 is 27.4 Å². The molecule has 1 amide bonds. The normalized spacial score (nSPS) is 27.0. The van der Waals surface area contributed by atoms with Crippen LogP contribution in [0.4, 0.5) is 10.1 Å². The van der Waals surface area contributed by atoms with E-state index < -0.39 is 11.8 Å². The molecule has 2 aromatic rings. The van der Waals surface area contributed by atoms with Crippen molar-refractivity contribution in [3.05, 3.63) is 54.1 Å². The average Bonchev–Trinajstić information content (AvgIpc) is 2.69. The summed E-state index contributed by atoms with van der Waals surface area (Å²) >= 11 is 0. The van der Waals surface area contributed by atoms with Gasteiger partial charge in [-0.15, -0.1) is 0 Å². The van der Waals surface area contributed by atoms with Crippen molar-refractivity contribution in [1.29, 1.82) is 0 Å². The van der Waals surface area contributed by atoms with Gasteiger partial charge in [0.25, 0.3) is 11.8 Å². The van der Waals surface area contributed by atoms with E-state index >= 15 is 4.39 Å². The zero-order valence-corrected chi connectivity index (χ0v) is 15.9. The molecule has 3 atom stereocenters. The van der Waals surface area contributed by atoms with E-state index in [-0.39, 0.29) is 23.5 Å². The van der Waals surface area contributed by atoms with Crippen LogP contribution in [0, 0.1) is 0 Å². The molecule has 2 aliphatic rings. The number of hydrogen-bond donors (Lipinski definition) is 5. The van der Waals surface area contributed by atoms with Gasteiger partial charge < -0.3 is 22.1 Å². The molecule has 0 bridgehead atoms. The van der Waals surface area contributed by atoms with Crippen molar-refractivity contribution >= 4 is 22.6 Å². The lowest BCUT2D eigenvalue weighted by atomic mass is 9.90. The van der Waals surface area contributed by atoms with E-state index in [4.69, 9.17) is 11.5 Å². The van der Waals surface area contributed by atoms with Gasteiger partial charge in [0, 0.05) is 18.3 Å². The molecule has 1 fully saturated rings. The minimum Gasteiger partial charge on any atom is -0.365 e. The summed E-state index contributed by atoms with van der Waals surface area (Å²) < 4.78 is 15.6. The molecule has 0 saturated heterocycles. The molecule has 4 rings (SSSR count). The highest BCUT2D eigenvalue weighted by atomic mass is 19.1. The summed E-state index contributed by atoms with van der Waals surface area (Å²) in [5.41, 5.74) is 13.7. The quantitative estimate of drug-likeness (QED) is 0.482. The maximum absolute atomic E-state index is 15.6. The third-order valence-electron chi connectivity index (χ3n) is 5.26. The predicted octanol–water partition coefficient (Wildman–Crippen LogP) is 1.38. The number of halogens is 1. The number of nitrogens with zero attached hydrogens (tertiary/aromatic N) is 2. The number of amides is 1. The van der Waals surface area contributed by atoms with Crippen LogP contribution in [0.15, 0.2) is 54.1 Å². The van der Waals surface area contributed by atoms with Gasteiger partial charge in [-0.2, -0.15) is 4.39 Å². The molecule has 0 radical (unpaired) electrons. The summed E-state index contributed by atoms with van der Waals surface area (Å²) in [6, 6.07) is 5.10. The third kappa shape index (κ3) is 4.20. The van der Waals surface area contributed by atoms with Crippen molar-refractivity contribution in [1.82, 2.24) is 20.6 Å². The van der Waals surface area contributed by atoms with Crippen molar-refractivity contribution in [3.63, 3.8) is 0 Å². The lowest BCUT2D eigenvalue weighted by molar-refractivity contribution is -0.114. The number of dihydropyridines is 1. The summed E-state index contributed by atoms with van der Waals surface area (Å²) in [6.45, 7) is 0. The van der Waals surface area contributed by atoms with E-state index in [0.717, 1.165) is 31.2 Å². The number of pyridine rings is 2. The number of aromatic nitrogens is 2. The average molecular weight is 397 g/mol. The van der Waals surface area contributed by atoms with Crippen molar-refractivity contribution in [2.24, 2.45) is 11.5 Å². The Bertz CT molecular complexity index is 992. The van der Waals surface area contributed by atoms with Gasteiger partial charge in [-0.1, -0.05) is 12.8 Å². The second-order valence-electron chi connectivity index (χ2n) is 7.41. The monoisotopic (exact) mass is 397 g/mol. The highest BCUT2D eigenvalue weighted by Gasteiger charge is 2.36. The summed E-state index contributed by atoms with van der Waals surface area (Å²) in [5, 5.41) is 8.68. The number of alkyl halides is 1. The molecule has 2 aromatic heterocycles. The van der Waals surface area contributed by atoms with Gasteiger partial charge in [-0.25, -0.2) is 0 Å².